The third kappa shape index (κ3) is 18.6. The van der Waals surface area contributed by atoms with E-state index in [-0.39, 0.29) is 88.4 Å². The number of benzene rings is 3. The third-order valence-corrected chi connectivity index (χ3v) is 9.29. The first-order chi connectivity index (χ1) is 32.7. The summed E-state index contributed by atoms with van der Waals surface area (Å²) in [4.78, 5) is 35.5. The van der Waals surface area contributed by atoms with E-state index in [1.165, 1.54) is 27.7 Å². The minimum absolute atomic E-state index is 0. The molecule has 0 fully saturated rings. The van der Waals surface area contributed by atoms with Crippen LogP contribution in [0.25, 0.3) is 38.6 Å². The number of aryl methyl sites for hydroxylation is 6. The van der Waals surface area contributed by atoms with Crippen LogP contribution in [0.4, 0.5) is 32.0 Å². The monoisotopic (exact) mass is 1530 g/mol. The van der Waals surface area contributed by atoms with Gasteiger partial charge in [0, 0.05) is 146 Å². The quantitative estimate of drug-likeness (QED) is 0.103. The fraction of sp³-hybridized carbons (Fsp3) is 0.160. The van der Waals surface area contributed by atoms with Gasteiger partial charge in [0.1, 0.15) is 0 Å². The molecule has 0 aliphatic rings. The molecule has 8 aromatic rings. The zero-order valence-corrected chi connectivity index (χ0v) is 46.2. The molecule has 0 amide bonds. The molecule has 13 nitrogen and oxygen atoms in total. The molecule has 22 heteroatoms. The second-order valence-electron chi connectivity index (χ2n) is 14.6. The van der Waals surface area contributed by atoms with Crippen LogP contribution in [0.2, 0.25) is 0 Å². The van der Waals surface area contributed by atoms with Crippen LogP contribution in [0.5, 0.6) is 0 Å². The average Bonchev–Trinajstić information content (AvgIpc) is 3.83. The van der Waals surface area contributed by atoms with Crippen LogP contribution >= 0.6 is 0 Å². The van der Waals surface area contributed by atoms with E-state index in [1.807, 2.05) is 33.0 Å². The van der Waals surface area contributed by atoms with Gasteiger partial charge in [-0.05, 0) is 87.7 Å². The van der Waals surface area contributed by atoms with E-state index in [1.54, 1.807) is 64.6 Å². The number of carboxylic acid groups (broad SMARTS) is 2. The second-order valence-corrected chi connectivity index (χ2v) is 14.6. The Morgan fingerprint density at radius 2 is 1.01 bits per heavy atom. The van der Waals surface area contributed by atoms with Crippen LogP contribution in [-0.2, 0) is 81.0 Å². The van der Waals surface area contributed by atoms with Crippen molar-refractivity contribution in [3.05, 3.63) is 201 Å². The molecule has 0 unspecified atom stereocenters. The molecule has 0 aliphatic heterocycles. The molecule has 3 N–H and O–H groups in total. The fourth-order valence-electron chi connectivity index (χ4n) is 5.66. The molecule has 3 aromatic carbocycles. The van der Waals surface area contributed by atoms with Crippen molar-refractivity contribution in [1.82, 2.24) is 39.8 Å². The predicted molar refractivity (Wildman–Crippen MR) is 244 cm³/mol. The Hall–Kier alpha value is -6.55. The average molecular weight is 1520 g/mol. The van der Waals surface area contributed by atoms with E-state index in [0.29, 0.717) is 23.6 Å². The minimum atomic E-state index is -0.983. The van der Waals surface area contributed by atoms with Gasteiger partial charge in [-0.25, -0.2) is 9.59 Å². The minimum Gasteiger partial charge on any atom is -0.476 e. The number of carbonyl (C=O) groups is 2. The molecule has 0 bridgehead atoms. The number of rotatable bonds is 7. The number of nitrogens with one attached hydrogen (secondary N) is 1. The standard InChI is InChI=1S/C13H7F2N2.C13H11F2N2.C12H8F2N.2C6H8N2O2.3Ir/c1-8-5-6-17-11(7-8)9-3-4-10(14)13(16-2)12(9)15;1-16-8-9-4-5-17-13(6-9)11-3-2-10(14)7-12(11)15;1-8-4-5-15-12(6-8)10-3-2-9(13)7-11(10)14;2*1-4-3-5(6(9)10)7-8(4)2;;;/h4-7H,1H3;2,4-7,16H,8H2,1H3;2,4-7H,1H3;2*3H,1-2H3,(H,9,10);;;/q3*-1;;;;;. The summed E-state index contributed by atoms with van der Waals surface area (Å²) in [5, 5.41) is 27.3. The van der Waals surface area contributed by atoms with Gasteiger partial charge in [-0.1, -0.05) is 52.6 Å². The Morgan fingerprint density at radius 3 is 1.36 bits per heavy atom. The predicted octanol–water partition coefficient (Wildman–Crippen LogP) is 10.2. The molecule has 0 atom stereocenters. The summed E-state index contributed by atoms with van der Waals surface area (Å²) in [5.74, 6) is -6.37. The number of nitrogens with zero attached hydrogens (tertiary/aromatic N) is 8. The summed E-state index contributed by atoms with van der Waals surface area (Å²) >= 11 is 0. The van der Waals surface area contributed by atoms with Crippen molar-refractivity contribution >= 4 is 17.6 Å². The van der Waals surface area contributed by atoms with E-state index in [0.717, 1.165) is 58.4 Å². The molecule has 0 aliphatic carbocycles. The van der Waals surface area contributed by atoms with Crippen molar-refractivity contribution in [2.75, 3.05) is 7.05 Å². The Morgan fingerprint density at radius 1 is 0.611 bits per heavy atom. The van der Waals surface area contributed by atoms with Gasteiger partial charge in [0.15, 0.2) is 17.1 Å². The van der Waals surface area contributed by atoms with Gasteiger partial charge < -0.3 is 30.5 Å². The largest absolute Gasteiger partial charge is 0.476 e. The number of hydrogen-bond donors (Lipinski definition) is 3. The van der Waals surface area contributed by atoms with Gasteiger partial charge in [0.25, 0.3) is 0 Å². The molecular formula is C50H42F6Ir3N9O4-3. The summed E-state index contributed by atoms with van der Waals surface area (Å²) in [7, 11) is 5.24. The summed E-state index contributed by atoms with van der Waals surface area (Å²) in [5.41, 5.74) is 5.76. The number of carboxylic acids is 2. The van der Waals surface area contributed by atoms with Crippen molar-refractivity contribution in [2.45, 2.75) is 34.2 Å². The smallest absolute Gasteiger partial charge is 0.356 e. The van der Waals surface area contributed by atoms with E-state index < -0.39 is 52.5 Å². The van der Waals surface area contributed by atoms with Gasteiger partial charge in [0.05, 0.1) is 6.57 Å². The van der Waals surface area contributed by atoms with Crippen LogP contribution in [-0.4, -0.2) is 63.7 Å². The van der Waals surface area contributed by atoms with Gasteiger partial charge in [0.2, 0.25) is 0 Å². The molecule has 0 spiro atoms. The molecule has 0 saturated carbocycles. The molecule has 3 radical (unpaired) electrons. The first kappa shape index (κ1) is 63.5. The Kier molecular flexibility index (Phi) is 26.8. The molecule has 0 saturated heterocycles. The third-order valence-electron chi connectivity index (χ3n) is 9.29. The maximum atomic E-state index is 13.8. The summed E-state index contributed by atoms with van der Waals surface area (Å²) in [6.07, 6.45) is 4.71. The normalized spacial score (nSPS) is 9.72. The molecular weight excluding hydrogens is 1480 g/mol. The topological polar surface area (TPSA) is 165 Å². The zero-order valence-electron chi connectivity index (χ0n) is 39.0. The fourth-order valence-corrected chi connectivity index (χ4v) is 5.66. The molecule has 5 heterocycles. The van der Waals surface area contributed by atoms with Crippen molar-refractivity contribution in [3.63, 3.8) is 0 Å². The number of aromatic carboxylic acids is 2. The Bertz CT molecular complexity index is 3040. The molecule has 8 rings (SSSR count). The number of halogens is 6. The zero-order chi connectivity index (χ0) is 50.9. The van der Waals surface area contributed by atoms with Crippen LogP contribution in [0.15, 0.2) is 97.5 Å². The van der Waals surface area contributed by atoms with E-state index >= 15 is 0 Å². The van der Waals surface area contributed by atoms with Gasteiger partial charge in [-0.3, -0.25) is 40.6 Å². The Balaban J connectivity index is 0.000000453. The van der Waals surface area contributed by atoms with Gasteiger partial charge in [-0.15, -0.1) is 42.0 Å². The maximum absolute atomic E-state index is 13.8. The van der Waals surface area contributed by atoms with Crippen LogP contribution in [0.1, 0.15) is 49.1 Å². The van der Waals surface area contributed by atoms with Gasteiger partial charge >= 0.3 is 11.9 Å². The van der Waals surface area contributed by atoms with E-state index in [4.69, 9.17) is 16.8 Å². The van der Waals surface area contributed by atoms with Crippen molar-refractivity contribution < 1.29 is 106 Å². The SMILES string of the molecule is CNCc1ccnc(-c2[c-]cc(F)cc2F)c1.Cc1cc(C(=O)O)nn1C.Cc1cc(C(=O)O)nn1C.Cc1ccnc(-c2[c-]cc(F)cc2F)c1.[C-]#[N+]c1c(F)c[c-]c(-c2cc(C)ccn2)c1F.[Ir].[Ir].[Ir]. The Labute approximate surface area is 451 Å². The maximum Gasteiger partial charge on any atom is 0.356 e. The number of aromatic nitrogens is 7. The first-order valence-corrected chi connectivity index (χ1v) is 20.2. The summed E-state index contributed by atoms with van der Waals surface area (Å²) < 4.78 is 82.3. The summed E-state index contributed by atoms with van der Waals surface area (Å²) in [6, 6.07) is 26.0. The van der Waals surface area contributed by atoms with Crippen molar-refractivity contribution in [3.8, 4) is 33.8 Å². The van der Waals surface area contributed by atoms with Crippen LogP contribution < -0.4 is 5.32 Å². The van der Waals surface area contributed by atoms with Crippen molar-refractivity contribution in [2.24, 2.45) is 14.1 Å². The number of pyridine rings is 3. The molecule has 72 heavy (non-hydrogen) atoms. The van der Waals surface area contributed by atoms with E-state index in [9.17, 15) is 35.9 Å². The van der Waals surface area contributed by atoms with Crippen LogP contribution in [0.3, 0.4) is 0 Å². The second kappa shape index (κ2) is 30.4. The molecule has 383 valence electrons. The first-order valence-electron chi connectivity index (χ1n) is 20.2. The van der Waals surface area contributed by atoms with Crippen LogP contribution in [0, 0.1) is 87.4 Å². The number of hydrogen-bond acceptors (Lipinski definition) is 8. The van der Waals surface area contributed by atoms with E-state index in [2.05, 4.69) is 53.5 Å². The molecule has 5 aromatic heterocycles. The summed E-state index contributed by atoms with van der Waals surface area (Å²) in [6.45, 7) is 14.7. The van der Waals surface area contributed by atoms with Gasteiger partial charge in [-0.2, -0.15) is 10.2 Å². The van der Waals surface area contributed by atoms with Crippen molar-refractivity contribution in [1.29, 1.82) is 0 Å².